The molecule has 0 radical (unpaired) electrons. The molecule has 1 fully saturated rings. The maximum absolute atomic E-state index is 13.1. The van der Waals surface area contributed by atoms with E-state index in [9.17, 15) is 14.0 Å². The van der Waals surface area contributed by atoms with Gasteiger partial charge in [0.25, 0.3) is 0 Å². The van der Waals surface area contributed by atoms with Crippen molar-refractivity contribution in [1.82, 2.24) is 10.2 Å². The average Bonchev–Trinajstić information content (AvgIpc) is 2.85. The number of carbonyl (C=O) groups is 2. The van der Waals surface area contributed by atoms with E-state index in [0.717, 1.165) is 24.9 Å². The maximum Gasteiger partial charge on any atom is 0.340 e. The molecule has 1 unspecified atom stereocenters. The summed E-state index contributed by atoms with van der Waals surface area (Å²) < 4.78 is 18.2. The van der Waals surface area contributed by atoms with Gasteiger partial charge in [-0.05, 0) is 68.3 Å². The average molecular weight is 448 g/mol. The molecule has 170 valence electrons. The van der Waals surface area contributed by atoms with Crippen molar-refractivity contribution in [3.8, 4) is 11.3 Å². The molecule has 1 aliphatic heterocycles. The molecule has 3 aromatic rings. The molecule has 7 nitrogen and oxygen atoms in total. The minimum absolute atomic E-state index is 0.146. The molecular weight excluding hydrogens is 423 g/mol. The van der Waals surface area contributed by atoms with Crippen molar-refractivity contribution in [1.29, 1.82) is 0 Å². The number of benzene rings is 2. The second-order valence-corrected chi connectivity index (χ2v) is 7.82. The molecule has 1 N–H and O–H groups in total. The number of piperidine rings is 1. The molecule has 1 saturated heterocycles. The highest BCUT2D eigenvalue weighted by Crippen LogP contribution is 2.25. The standard InChI is InChI=1S/C25H25FN4O3/c1-2-33-25(32)20-7-3-4-8-22(20)27-24(31)18-6-5-15-30(16-18)23-14-13-21(28-29-23)17-9-11-19(26)12-10-17/h3-4,7-14,18H,2,5-6,15-16H2,1H3,(H,27,31). The maximum atomic E-state index is 13.1. The Labute approximate surface area is 191 Å². The summed E-state index contributed by atoms with van der Waals surface area (Å²) >= 11 is 0. The Morgan fingerprint density at radius 1 is 1.09 bits per heavy atom. The van der Waals surface area contributed by atoms with Gasteiger partial charge in [0.1, 0.15) is 5.82 Å². The fourth-order valence-electron chi connectivity index (χ4n) is 3.88. The first-order chi connectivity index (χ1) is 16.0. The number of rotatable bonds is 6. The largest absolute Gasteiger partial charge is 0.462 e. The highest BCUT2D eigenvalue weighted by Gasteiger charge is 2.27. The van der Waals surface area contributed by atoms with Gasteiger partial charge in [0.15, 0.2) is 5.82 Å². The molecule has 1 amide bonds. The zero-order valence-corrected chi connectivity index (χ0v) is 18.3. The van der Waals surface area contributed by atoms with Crippen molar-refractivity contribution in [2.75, 3.05) is 29.9 Å². The van der Waals surface area contributed by atoms with Crippen molar-refractivity contribution in [2.24, 2.45) is 5.92 Å². The smallest absolute Gasteiger partial charge is 0.340 e. The number of halogens is 1. The summed E-state index contributed by atoms with van der Waals surface area (Å²) in [6, 6.07) is 16.6. The summed E-state index contributed by atoms with van der Waals surface area (Å²) in [5.74, 6) is -0.480. The number of nitrogens with zero attached hydrogens (tertiary/aromatic N) is 3. The highest BCUT2D eigenvalue weighted by molar-refractivity contribution is 6.02. The summed E-state index contributed by atoms with van der Waals surface area (Å²) in [6.45, 7) is 3.27. The number of para-hydroxylation sites is 1. The number of anilines is 2. The minimum atomic E-state index is -0.463. The SMILES string of the molecule is CCOC(=O)c1ccccc1NC(=O)C1CCCN(c2ccc(-c3ccc(F)cc3)nn2)C1. The second-order valence-electron chi connectivity index (χ2n) is 7.82. The fourth-order valence-corrected chi connectivity index (χ4v) is 3.88. The van der Waals surface area contributed by atoms with Gasteiger partial charge in [-0.2, -0.15) is 0 Å². The Morgan fingerprint density at radius 2 is 1.88 bits per heavy atom. The number of amides is 1. The van der Waals surface area contributed by atoms with Crippen LogP contribution in [0.1, 0.15) is 30.1 Å². The van der Waals surface area contributed by atoms with Crippen molar-refractivity contribution < 1.29 is 18.7 Å². The van der Waals surface area contributed by atoms with Crippen LogP contribution in [-0.4, -0.2) is 41.8 Å². The molecule has 4 rings (SSSR count). The lowest BCUT2D eigenvalue weighted by Crippen LogP contribution is -2.41. The Bertz CT molecular complexity index is 1120. The molecule has 0 aliphatic carbocycles. The van der Waals surface area contributed by atoms with Gasteiger partial charge in [0.05, 0.1) is 29.5 Å². The quantitative estimate of drug-likeness (QED) is 0.566. The van der Waals surface area contributed by atoms with E-state index in [0.29, 0.717) is 29.3 Å². The molecule has 0 spiro atoms. The van der Waals surface area contributed by atoms with Gasteiger partial charge in [0.2, 0.25) is 5.91 Å². The molecule has 1 aliphatic rings. The van der Waals surface area contributed by atoms with Crippen LogP contribution in [0.15, 0.2) is 60.7 Å². The molecular formula is C25H25FN4O3. The van der Waals surface area contributed by atoms with E-state index in [2.05, 4.69) is 15.5 Å². The third kappa shape index (κ3) is 5.34. The first-order valence-corrected chi connectivity index (χ1v) is 11.0. The third-order valence-electron chi connectivity index (χ3n) is 5.59. The topological polar surface area (TPSA) is 84.4 Å². The normalized spacial score (nSPS) is 15.7. The van der Waals surface area contributed by atoms with E-state index in [1.807, 2.05) is 17.0 Å². The lowest BCUT2D eigenvalue weighted by molar-refractivity contribution is -0.120. The third-order valence-corrected chi connectivity index (χ3v) is 5.59. The highest BCUT2D eigenvalue weighted by atomic mass is 19.1. The molecule has 8 heteroatoms. The summed E-state index contributed by atoms with van der Waals surface area (Å²) in [7, 11) is 0. The van der Waals surface area contributed by atoms with Crippen LogP contribution >= 0.6 is 0 Å². The van der Waals surface area contributed by atoms with Crippen molar-refractivity contribution in [3.05, 3.63) is 72.0 Å². The van der Waals surface area contributed by atoms with E-state index >= 15 is 0 Å². The van der Waals surface area contributed by atoms with Crippen LogP contribution in [0.4, 0.5) is 15.9 Å². The summed E-state index contributed by atoms with van der Waals surface area (Å²) in [5, 5.41) is 11.5. The minimum Gasteiger partial charge on any atom is -0.462 e. The van der Waals surface area contributed by atoms with Crippen molar-refractivity contribution >= 4 is 23.4 Å². The number of hydrogen-bond donors (Lipinski definition) is 1. The Hall–Kier alpha value is -3.81. The first-order valence-electron chi connectivity index (χ1n) is 11.0. The number of esters is 1. The van der Waals surface area contributed by atoms with E-state index in [-0.39, 0.29) is 24.2 Å². The van der Waals surface area contributed by atoms with E-state index in [1.165, 1.54) is 12.1 Å². The Morgan fingerprint density at radius 3 is 2.61 bits per heavy atom. The lowest BCUT2D eigenvalue weighted by atomic mass is 9.96. The van der Waals surface area contributed by atoms with Crippen molar-refractivity contribution in [3.63, 3.8) is 0 Å². The summed E-state index contributed by atoms with van der Waals surface area (Å²) in [5.41, 5.74) is 2.22. The zero-order chi connectivity index (χ0) is 23.2. The monoisotopic (exact) mass is 448 g/mol. The van der Waals surface area contributed by atoms with E-state index in [1.54, 1.807) is 43.3 Å². The van der Waals surface area contributed by atoms with Gasteiger partial charge in [-0.15, -0.1) is 10.2 Å². The zero-order valence-electron chi connectivity index (χ0n) is 18.3. The molecule has 1 aromatic heterocycles. The number of hydrogen-bond acceptors (Lipinski definition) is 6. The summed E-state index contributed by atoms with van der Waals surface area (Å²) in [6.07, 6.45) is 1.57. The van der Waals surface area contributed by atoms with Gasteiger partial charge in [0, 0.05) is 18.7 Å². The van der Waals surface area contributed by atoms with Crippen LogP contribution < -0.4 is 10.2 Å². The predicted octanol–water partition coefficient (Wildman–Crippen LogP) is 4.31. The van der Waals surface area contributed by atoms with Gasteiger partial charge >= 0.3 is 5.97 Å². The number of carbonyl (C=O) groups excluding carboxylic acids is 2. The molecule has 0 bridgehead atoms. The van der Waals surface area contributed by atoms with E-state index in [4.69, 9.17) is 4.74 Å². The van der Waals surface area contributed by atoms with Crippen LogP contribution in [0.25, 0.3) is 11.3 Å². The van der Waals surface area contributed by atoms with Gasteiger partial charge in [-0.1, -0.05) is 12.1 Å². The Balaban J connectivity index is 1.43. The molecule has 2 aromatic carbocycles. The second kappa shape index (κ2) is 10.2. The molecule has 0 saturated carbocycles. The number of nitrogens with one attached hydrogen (secondary N) is 1. The molecule has 1 atom stereocenters. The molecule has 2 heterocycles. The Kier molecular flexibility index (Phi) is 6.92. The van der Waals surface area contributed by atoms with Crippen LogP contribution in [-0.2, 0) is 9.53 Å². The lowest BCUT2D eigenvalue weighted by Gasteiger charge is -2.32. The van der Waals surface area contributed by atoms with Crippen LogP contribution in [0.2, 0.25) is 0 Å². The fraction of sp³-hybridized carbons (Fsp3) is 0.280. The van der Waals surface area contributed by atoms with Crippen molar-refractivity contribution in [2.45, 2.75) is 19.8 Å². The first kappa shape index (κ1) is 22.4. The van der Waals surface area contributed by atoms with E-state index < -0.39 is 5.97 Å². The van der Waals surface area contributed by atoms with Crippen LogP contribution in [0, 0.1) is 11.7 Å². The predicted molar refractivity (Wildman–Crippen MR) is 123 cm³/mol. The van der Waals surface area contributed by atoms with Gasteiger partial charge in [-0.3, -0.25) is 4.79 Å². The van der Waals surface area contributed by atoms with Crippen LogP contribution in [0.3, 0.4) is 0 Å². The van der Waals surface area contributed by atoms with Gasteiger partial charge < -0.3 is 15.0 Å². The van der Waals surface area contributed by atoms with Crippen LogP contribution in [0.5, 0.6) is 0 Å². The number of ether oxygens (including phenoxy) is 1. The number of aromatic nitrogens is 2. The summed E-state index contributed by atoms with van der Waals surface area (Å²) in [4.78, 5) is 27.2. The van der Waals surface area contributed by atoms with Gasteiger partial charge in [-0.25, -0.2) is 9.18 Å². The molecule has 33 heavy (non-hydrogen) atoms.